The Morgan fingerprint density at radius 1 is 0.486 bits per heavy atom. The van der Waals surface area contributed by atoms with Gasteiger partial charge in [0, 0.05) is 5.69 Å². The lowest BCUT2D eigenvalue weighted by molar-refractivity contribution is -0.144. The van der Waals surface area contributed by atoms with Gasteiger partial charge in [0.15, 0.2) is 0 Å². The highest BCUT2D eigenvalue weighted by atomic mass is 19.4. The van der Waals surface area contributed by atoms with Gasteiger partial charge in [0.2, 0.25) is 0 Å². The number of nitrogen functional groups attached to an aromatic ring is 2. The highest BCUT2D eigenvalue weighted by molar-refractivity contribution is 5.91. The van der Waals surface area contributed by atoms with Crippen LogP contribution in [0.25, 0.3) is 0 Å². The van der Waals surface area contributed by atoms with Crippen molar-refractivity contribution in [1.29, 1.82) is 0 Å². The van der Waals surface area contributed by atoms with E-state index in [1.807, 2.05) is 0 Å². The van der Waals surface area contributed by atoms with E-state index in [-0.39, 0.29) is 29.2 Å². The number of anilines is 5. The smallest absolute Gasteiger partial charge is 0.397 e. The molecule has 200 valence electrons. The molecule has 0 saturated carbocycles. The van der Waals surface area contributed by atoms with Gasteiger partial charge in [-0.25, -0.2) is 0 Å². The summed E-state index contributed by atoms with van der Waals surface area (Å²) in [6.07, 6.45) is -21.7. The third kappa shape index (κ3) is 5.64. The number of hydrogen-bond donors (Lipinski definition) is 2. The van der Waals surface area contributed by atoms with E-state index in [0.717, 1.165) is 12.1 Å². The molecule has 3 rings (SSSR count). The molecule has 0 aliphatic heterocycles. The van der Waals surface area contributed by atoms with Gasteiger partial charge in [-0.15, -0.1) is 0 Å². The molecule has 0 aliphatic carbocycles. The lowest BCUT2D eigenvalue weighted by Crippen LogP contribution is -2.22. The molecule has 0 heterocycles. The first-order valence-electron chi connectivity index (χ1n) is 9.74. The van der Waals surface area contributed by atoms with Crippen molar-refractivity contribution in [2.24, 2.45) is 0 Å². The standard InChI is InChI=1S/C22H13F12N3/c23-19(24,25)10-6-13(21(29,30)31)17(35)15(8-10)37(12-4-2-1-3-5-12)16-9-11(20(26,27)28)7-14(18(16)36)22(32,33)34/h1-9H,35-36H2. The molecule has 0 amide bonds. The van der Waals surface area contributed by atoms with Gasteiger partial charge in [0.05, 0.1) is 45.0 Å². The van der Waals surface area contributed by atoms with Gasteiger partial charge in [0.25, 0.3) is 0 Å². The van der Waals surface area contributed by atoms with Crippen molar-refractivity contribution < 1.29 is 52.7 Å². The fraction of sp³-hybridized carbons (Fsp3) is 0.182. The quantitative estimate of drug-likeness (QED) is 0.256. The topological polar surface area (TPSA) is 55.3 Å². The Labute approximate surface area is 199 Å². The third-order valence-electron chi connectivity index (χ3n) is 5.08. The molecule has 0 aliphatic rings. The summed E-state index contributed by atoms with van der Waals surface area (Å²) in [5.41, 5.74) is -2.39. The van der Waals surface area contributed by atoms with Crippen LogP contribution >= 0.6 is 0 Å². The van der Waals surface area contributed by atoms with Crippen LogP contribution in [0.15, 0.2) is 54.6 Å². The van der Waals surface area contributed by atoms with Crippen LogP contribution in [0, 0.1) is 0 Å². The molecular formula is C22H13F12N3. The summed E-state index contributed by atoms with van der Waals surface area (Å²) in [6.45, 7) is 0. The molecule has 0 aromatic heterocycles. The number of alkyl halides is 12. The van der Waals surface area contributed by atoms with Crippen LogP contribution in [0.3, 0.4) is 0 Å². The average molecular weight is 547 g/mol. The maximum atomic E-state index is 13.6. The number of para-hydroxylation sites is 1. The fourth-order valence-electron chi connectivity index (χ4n) is 3.43. The molecule has 3 nitrogen and oxygen atoms in total. The predicted octanol–water partition coefficient (Wildman–Crippen LogP) is 8.40. The van der Waals surface area contributed by atoms with Crippen LogP contribution in [0.1, 0.15) is 22.3 Å². The van der Waals surface area contributed by atoms with Gasteiger partial charge in [0.1, 0.15) is 0 Å². The molecule has 0 unspecified atom stereocenters. The van der Waals surface area contributed by atoms with E-state index in [4.69, 9.17) is 11.5 Å². The molecule has 15 heteroatoms. The normalized spacial score (nSPS) is 13.1. The van der Waals surface area contributed by atoms with E-state index in [2.05, 4.69) is 0 Å². The zero-order valence-electron chi connectivity index (χ0n) is 17.8. The second kappa shape index (κ2) is 8.95. The monoisotopic (exact) mass is 547 g/mol. The summed E-state index contributed by atoms with van der Waals surface area (Å²) >= 11 is 0. The summed E-state index contributed by atoms with van der Waals surface area (Å²) in [6, 6.07) is 5.23. The van der Waals surface area contributed by atoms with Gasteiger partial charge < -0.3 is 16.4 Å². The Kier molecular flexibility index (Phi) is 6.73. The zero-order valence-corrected chi connectivity index (χ0v) is 17.8. The van der Waals surface area contributed by atoms with E-state index in [1.54, 1.807) is 0 Å². The largest absolute Gasteiger partial charge is 0.418 e. The Bertz CT molecular complexity index is 1210. The molecule has 0 radical (unpaired) electrons. The minimum Gasteiger partial charge on any atom is -0.397 e. The van der Waals surface area contributed by atoms with Gasteiger partial charge in [-0.05, 0) is 36.4 Å². The highest BCUT2D eigenvalue weighted by Gasteiger charge is 2.43. The van der Waals surface area contributed by atoms with E-state index in [9.17, 15) is 52.7 Å². The van der Waals surface area contributed by atoms with Crippen molar-refractivity contribution in [2.75, 3.05) is 16.4 Å². The van der Waals surface area contributed by atoms with E-state index in [0.29, 0.717) is 0 Å². The molecule has 0 bridgehead atoms. The van der Waals surface area contributed by atoms with Crippen LogP contribution < -0.4 is 16.4 Å². The molecule has 0 fully saturated rings. The lowest BCUT2D eigenvalue weighted by atomic mass is 10.0. The summed E-state index contributed by atoms with van der Waals surface area (Å²) < 4.78 is 163. The van der Waals surface area contributed by atoms with Gasteiger partial charge in [-0.1, -0.05) is 18.2 Å². The SMILES string of the molecule is Nc1c(N(c2ccccc2)c2cc(C(F)(F)F)cc(C(F)(F)F)c2N)cc(C(F)(F)F)cc1C(F)(F)F. The molecule has 0 atom stereocenters. The zero-order chi connectivity index (χ0) is 28.1. The molecule has 37 heavy (non-hydrogen) atoms. The molecule has 0 spiro atoms. The van der Waals surface area contributed by atoms with Gasteiger partial charge >= 0.3 is 24.7 Å². The first-order valence-corrected chi connectivity index (χ1v) is 9.74. The number of halogens is 12. The second-order valence-electron chi connectivity index (χ2n) is 7.58. The lowest BCUT2D eigenvalue weighted by Gasteiger charge is -2.31. The van der Waals surface area contributed by atoms with Crippen LogP contribution in [-0.2, 0) is 24.7 Å². The third-order valence-corrected chi connectivity index (χ3v) is 5.08. The number of nitrogens with zero attached hydrogens (tertiary/aromatic N) is 1. The van der Waals surface area contributed by atoms with E-state index >= 15 is 0 Å². The molecule has 3 aromatic rings. The molecule has 0 saturated heterocycles. The summed E-state index contributed by atoms with van der Waals surface area (Å²) in [5.74, 6) is 0. The molecule has 4 N–H and O–H groups in total. The van der Waals surface area contributed by atoms with Crippen LogP contribution in [0.2, 0.25) is 0 Å². The number of rotatable bonds is 3. The van der Waals surface area contributed by atoms with Crippen molar-refractivity contribution >= 4 is 28.4 Å². The van der Waals surface area contributed by atoms with Crippen molar-refractivity contribution in [1.82, 2.24) is 0 Å². The van der Waals surface area contributed by atoms with E-state index < -0.39 is 75.4 Å². The summed E-state index contributed by atoms with van der Waals surface area (Å²) in [5, 5.41) is 0. The molecular weight excluding hydrogens is 534 g/mol. The maximum absolute atomic E-state index is 13.6. The maximum Gasteiger partial charge on any atom is 0.418 e. The highest BCUT2D eigenvalue weighted by Crippen LogP contribution is 2.51. The van der Waals surface area contributed by atoms with Gasteiger partial charge in [-0.3, -0.25) is 0 Å². The number of hydrogen-bond acceptors (Lipinski definition) is 3. The van der Waals surface area contributed by atoms with Crippen molar-refractivity contribution in [3.05, 3.63) is 76.9 Å². The van der Waals surface area contributed by atoms with Crippen molar-refractivity contribution in [3.8, 4) is 0 Å². The molecule has 3 aromatic carbocycles. The van der Waals surface area contributed by atoms with E-state index in [1.165, 1.54) is 18.2 Å². The first-order chi connectivity index (χ1) is 16.7. The predicted molar refractivity (Wildman–Crippen MR) is 110 cm³/mol. The minimum atomic E-state index is -5.47. The van der Waals surface area contributed by atoms with Crippen LogP contribution in [0.5, 0.6) is 0 Å². The Morgan fingerprint density at radius 3 is 1.14 bits per heavy atom. The fourth-order valence-corrected chi connectivity index (χ4v) is 3.43. The summed E-state index contributed by atoms with van der Waals surface area (Å²) in [7, 11) is 0. The average Bonchev–Trinajstić information content (AvgIpc) is 2.73. The van der Waals surface area contributed by atoms with Crippen LogP contribution in [0.4, 0.5) is 81.1 Å². The Balaban J connectivity index is 2.53. The van der Waals surface area contributed by atoms with Crippen LogP contribution in [-0.4, -0.2) is 0 Å². The minimum absolute atomic E-state index is 0.0739. The Morgan fingerprint density at radius 2 is 0.838 bits per heavy atom. The second-order valence-corrected chi connectivity index (χ2v) is 7.58. The van der Waals surface area contributed by atoms with Gasteiger partial charge in [-0.2, -0.15) is 52.7 Å². The number of benzene rings is 3. The first kappa shape index (κ1) is 27.8. The summed E-state index contributed by atoms with van der Waals surface area (Å²) in [4.78, 5) is 0.277. The van der Waals surface area contributed by atoms with Crippen molar-refractivity contribution in [2.45, 2.75) is 24.7 Å². The van der Waals surface area contributed by atoms with Crippen molar-refractivity contribution in [3.63, 3.8) is 0 Å². The number of nitrogens with two attached hydrogens (primary N) is 2. The Hall–Kier alpha value is -3.78.